The normalized spacial score (nSPS) is 16.2. The molecule has 126 valence electrons. The zero-order chi connectivity index (χ0) is 16.7. The topological polar surface area (TPSA) is 84.7 Å². The van der Waals surface area contributed by atoms with Crippen LogP contribution in [0.5, 0.6) is 5.75 Å². The second-order valence-electron chi connectivity index (χ2n) is 5.73. The van der Waals surface area contributed by atoms with Gasteiger partial charge in [-0.3, -0.25) is 19.8 Å². The van der Waals surface area contributed by atoms with Crippen molar-refractivity contribution in [2.45, 2.75) is 32.1 Å². The standard InChI is InChI=1S/C16H23N3O4/c1-23-13-7-8-14(15(11-13)19(21)22)17-16(20)12-18-9-5-3-2-4-6-10-18/h7-8,11H,2-6,9-10,12H2,1H3,(H,17,20). The number of methoxy groups -OCH3 is 1. The van der Waals surface area contributed by atoms with E-state index in [0.717, 1.165) is 25.9 Å². The molecule has 1 heterocycles. The lowest BCUT2D eigenvalue weighted by atomic mass is 10.1. The van der Waals surface area contributed by atoms with E-state index in [9.17, 15) is 14.9 Å². The van der Waals surface area contributed by atoms with Crippen LogP contribution in [-0.4, -0.2) is 42.5 Å². The van der Waals surface area contributed by atoms with Gasteiger partial charge in [0.05, 0.1) is 24.6 Å². The Balaban J connectivity index is 2.00. The number of nitro benzene ring substituents is 1. The fourth-order valence-electron chi connectivity index (χ4n) is 2.76. The van der Waals surface area contributed by atoms with Crippen LogP contribution in [-0.2, 0) is 4.79 Å². The molecule has 23 heavy (non-hydrogen) atoms. The zero-order valence-corrected chi connectivity index (χ0v) is 13.4. The highest BCUT2D eigenvalue weighted by molar-refractivity contribution is 5.94. The van der Waals surface area contributed by atoms with Gasteiger partial charge in [-0.25, -0.2) is 0 Å². The third kappa shape index (κ3) is 5.21. The van der Waals surface area contributed by atoms with Gasteiger partial charge in [0.2, 0.25) is 5.91 Å². The number of rotatable bonds is 5. The molecule has 0 aliphatic carbocycles. The van der Waals surface area contributed by atoms with Crippen molar-refractivity contribution in [1.29, 1.82) is 0 Å². The summed E-state index contributed by atoms with van der Waals surface area (Å²) in [4.78, 5) is 24.9. The molecule has 0 bridgehead atoms. The van der Waals surface area contributed by atoms with Crippen molar-refractivity contribution in [1.82, 2.24) is 4.90 Å². The van der Waals surface area contributed by atoms with E-state index >= 15 is 0 Å². The van der Waals surface area contributed by atoms with Gasteiger partial charge in [0, 0.05) is 0 Å². The summed E-state index contributed by atoms with van der Waals surface area (Å²) in [5.74, 6) is 0.164. The van der Waals surface area contributed by atoms with Crippen molar-refractivity contribution >= 4 is 17.3 Å². The number of benzene rings is 1. The molecule has 7 heteroatoms. The van der Waals surface area contributed by atoms with Crippen molar-refractivity contribution in [3.05, 3.63) is 28.3 Å². The summed E-state index contributed by atoms with van der Waals surface area (Å²) in [6.45, 7) is 2.07. The molecule has 0 spiro atoms. The van der Waals surface area contributed by atoms with Gasteiger partial charge in [-0.15, -0.1) is 0 Å². The Morgan fingerprint density at radius 1 is 1.26 bits per heavy atom. The summed E-state index contributed by atoms with van der Waals surface area (Å²) < 4.78 is 4.99. The SMILES string of the molecule is COc1ccc(NC(=O)CN2CCCCCCC2)c([N+](=O)[O-])c1. The highest BCUT2D eigenvalue weighted by Crippen LogP contribution is 2.28. The van der Waals surface area contributed by atoms with Crippen LogP contribution < -0.4 is 10.1 Å². The molecule has 1 aliphatic rings. The number of hydrogen-bond acceptors (Lipinski definition) is 5. The molecule has 1 saturated heterocycles. The van der Waals surface area contributed by atoms with Crippen molar-refractivity contribution in [3.8, 4) is 5.75 Å². The minimum atomic E-state index is -0.520. The predicted octanol–water partition coefficient (Wildman–Crippen LogP) is 2.81. The molecule has 0 saturated carbocycles. The minimum absolute atomic E-state index is 0.162. The Labute approximate surface area is 135 Å². The summed E-state index contributed by atoms with van der Waals surface area (Å²) in [6, 6.07) is 4.41. The maximum Gasteiger partial charge on any atom is 0.296 e. The molecule has 0 unspecified atom stereocenters. The van der Waals surface area contributed by atoms with Crippen molar-refractivity contribution < 1.29 is 14.5 Å². The van der Waals surface area contributed by atoms with Gasteiger partial charge in [-0.05, 0) is 38.1 Å². The first-order valence-corrected chi connectivity index (χ1v) is 7.95. The number of amides is 1. The van der Waals surface area contributed by atoms with E-state index in [1.165, 1.54) is 38.5 Å². The smallest absolute Gasteiger partial charge is 0.296 e. The first kappa shape index (κ1) is 17.2. The number of nitro groups is 1. The second-order valence-corrected chi connectivity index (χ2v) is 5.73. The van der Waals surface area contributed by atoms with Gasteiger partial charge in [-0.1, -0.05) is 19.3 Å². The number of ether oxygens (including phenoxy) is 1. The molecule has 1 aromatic rings. The molecule has 1 fully saturated rings. The van der Waals surface area contributed by atoms with E-state index in [2.05, 4.69) is 10.2 Å². The Hall–Kier alpha value is -2.15. The Kier molecular flexibility index (Phi) is 6.34. The first-order chi connectivity index (χ1) is 11.1. The maximum absolute atomic E-state index is 12.2. The number of carbonyl (C=O) groups excluding carboxylic acids is 1. The fourth-order valence-corrected chi connectivity index (χ4v) is 2.76. The largest absolute Gasteiger partial charge is 0.496 e. The van der Waals surface area contributed by atoms with Gasteiger partial charge in [0.15, 0.2) is 0 Å². The van der Waals surface area contributed by atoms with E-state index in [4.69, 9.17) is 4.74 Å². The Bertz CT molecular complexity index is 554. The number of hydrogen-bond donors (Lipinski definition) is 1. The van der Waals surface area contributed by atoms with E-state index in [0.29, 0.717) is 5.75 Å². The molecule has 7 nitrogen and oxygen atoms in total. The average molecular weight is 321 g/mol. The lowest BCUT2D eigenvalue weighted by Gasteiger charge is -2.23. The van der Waals surface area contributed by atoms with Crippen molar-refractivity contribution in [2.75, 3.05) is 32.1 Å². The van der Waals surface area contributed by atoms with Gasteiger partial charge in [0.1, 0.15) is 11.4 Å². The summed E-state index contributed by atoms with van der Waals surface area (Å²) in [5.41, 5.74) is 0.0400. The van der Waals surface area contributed by atoms with Crippen LogP contribution in [0.3, 0.4) is 0 Å². The summed E-state index contributed by atoms with van der Waals surface area (Å²) in [5, 5.41) is 13.8. The van der Waals surface area contributed by atoms with Gasteiger partial charge in [-0.2, -0.15) is 0 Å². The predicted molar refractivity (Wildman–Crippen MR) is 87.8 cm³/mol. The zero-order valence-electron chi connectivity index (χ0n) is 13.4. The maximum atomic E-state index is 12.2. The summed E-state index contributed by atoms with van der Waals surface area (Å²) in [6.07, 6.45) is 5.84. The molecular formula is C16H23N3O4. The van der Waals surface area contributed by atoms with E-state index < -0.39 is 4.92 Å². The van der Waals surface area contributed by atoms with Crippen LogP contribution >= 0.6 is 0 Å². The van der Waals surface area contributed by atoms with Crippen LogP contribution in [0.4, 0.5) is 11.4 Å². The number of likely N-dealkylation sites (tertiary alicyclic amines) is 1. The van der Waals surface area contributed by atoms with Crippen LogP contribution in [0.2, 0.25) is 0 Å². The van der Waals surface area contributed by atoms with Crippen molar-refractivity contribution in [3.63, 3.8) is 0 Å². The molecule has 0 atom stereocenters. The number of nitrogens with zero attached hydrogens (tertiary/aromatic N) is 2. The molecule has 1 aromatic carbocycles. The van der Waals surface area contributed by atoms with Crippen LogP contribution in [0.15, 0.2) is 18.2 Å². The van der Waals surface area contributed by atoms with Gasteiger partial charge in [0.25, 0.3) is 5.69 Å². The highest BCUT2D eigenvalue weighted by atomic mass is 16.6. The second kappa shape index (κ2) is 8.47. The van der Waals surface area contributed by atoms with Crippen LogP contribution in [0, 0.1) is 10.1 Å². The quantitative estimate of drug-likeness (QED) is 0.666. The summed E-state index contributed by atoms with van der Waals surface area (Å²) >= 11 is 0. The Morgan fingerprint density at radius 2 is 1.91 bits per heavy atom. The number of nitrogens with one attached hydrogen (secondary N) is 1. The molecule has 0 aromatic heterocycles. The van der Waals surface area contributed by atoms with Gasteiger partial charge >= 0.3 is 0 Å². The molecule has 1 aliphatic heterocycles. The van der Waals surface area contributed by atoms with E-state index in [1.54, 1.807) is 6.07 Å². The van der Waals surface area contributed by atoms with Crippen LogP contribution in [0.25, 0.3) is 0 Å². The molecule has 1 amide bonds. The molecule has 1 N–H and O–H groups in total. The fraction of sp³-hybridized carbons (Fsp3) is 0.562. The monoisotopic (exact) mass is 321 g/mol. The summed E-state index contributed by atoms with van der Waals surface area (Å²) in [7, 11) is 1.44. The third-order valence-electron chi connectivity index (χ3n) is 3.99. The minimum Gasteiger partial charge on any atom is -0.496 e. The lowest BCUT2D eigenvalue weighted by molar-refractivity contribution is -0.384. The third-order valence-corrected chi connectivity index (χ3v) is 3.99. The van der Waals surface area contributed by atoms with E-state index in [1.807, 2.05) is 0 Å². The van der Waals surface area contributed by atoms with Crippen LogP contribution in [0.1, 0.15) is 32.1 Å². The highest BCUT2D eigenvalue weighted by Gasteiger charge is 2.19. The molecule has 2 rings (SSSR count). The average Bonchev–Trinajstić information content (AvgIpc) is 2.50. The van der Waals surface area contributed by atoms with Crippen molar-refractivity contribution in [2.24, 2.45) is 0 Å². The van der Waals surface area contributed by atoms with Gasteiger partial charge < -0.3 is 10.1 Å². The number of anilines is 1. The first-order valence-electron chi connectivity index (χ1n) is 7.95. The Morgan fingerprint density at radius 3 is 2.52 bits per heavy atom. The molecule has 0 radical (unpaired) electrons. The van der Waals surface area contributed by atoms with E-state index in [-0.39, 0.29) is 23.8 Å². The number of carbonyl (C=O) groups is 1. The lowest BCUT2D eigenvalue weighted by Crippen LogP contribution is -2.35. The molecular weight excluding hydrogens is 298 g/mol.